The van der Waals surface area contributed by atoms with Crippen molar-refractivity contribution in [3.8, 4) is 5.75 Å². The maximum absolute atomic E-state index is 14.0. The lowest BCUT2D eigenvalue weighted by Crippen LogP contribution is -2.46. The molecule has 0 saturated carbocycles. The number of nitrogens with zero attached hydrogens (tertiary/aromatic N) is 1. The van der Waals surface area contributed by atoms with Gasteiger partial charge in [0.25, 0.3) is 0 Å². The van der Waals surface area contributed by atoms with Crippen molar-refractivity contribution in [1.82, 2.24) is 0 Å². The van der Waals surface area contributed by atoms with Gasteiger partial charge in [0.15, 0.2) is 0 Å². The van der Waals surface area contributed by atoms with E-state index in [0.717, 1.165) is 36.0 Å². The Morgan fingerprint density at radius 1 is 1.10 bits per heavy atom. The van der Waals surface area contributed by atoms with E-state index in [4.69, 9.17) is 4.65 Å². The molecule has 2 aromatic rings. The summed E-state index contributed by atoms with van der Waals surface area (Å²) in [6.07, 6.45) is 5.75. The number of allylic oxidation sites excluding steroid dienone is 2. The van der Waals surface area contributed by atoms with Crippen molar-refractivity contribution in [2.45, 2.75) is 65.3 Å². The Hall–Kier alpha value is -3.17. The van der Waals surface area contributed by atoms with Crippen LogP contribution in [0.15, 0.2) is 65.3 Å². The van der Waals surface area contributed by atoms with Crippen LogP contribution in [0.4, 0.5) is 5.69 Å². The van der Waals surface area contributed by atoms with Crippen LogP contribution in [-0.4, -0.2) is 52.3 Å². The van der Waals surface area contributed by atoms with Crippen LogP contribution < -0.4 is 10.4 Å². The molecule has 4 N–H and O–H groups in total. The largest absolute Gasteiger partial charge is 0.508 e. The minimum absolute atomic E-state index is 0.136. The number of rotatable bonds is 9. The van der Waals surface area contributed by atoms with Crippen molar-refractivity contribution in [2.24, 2.45) is 23.7 Å². The molecule has 42 heavy (non-hydrogen) atoms. The van der Waals surface area contributed by atoms with Gasteiger partial charge in [0.2, 0.25) is 11.8 Å². The molecule has 0 spiro atoms. The van der Waals surface area contributed by atoms with Crippen LogP contribution in [0.5, 0.6) is 5.75 Å². The van der Waals surface area contributed by atoms with Crippen LogP contribution in [-0.2, 0) is 14.2 Å². The molecule has 0 radical (unpaired) electrons. The highest BCUT2D eigenvalue weighted by molar-refractivity contribution is 6.58. The Kier molecular flexibility index (Phi) is 9.08. The summed E-state index contributed by atoms with van der Waals surface area (Å²) in [5.41, 5.74) is 4.96. The second-order valence-corrected chi connectivity index (χ2v) is 12.1. The summed E-state index contributed by atoms with van der Waals surface area (Å²) in [7, 11) is -2.76. The monoisotopic (exact) mass is 571 g/mol. The van der Waals surface area contributed by atoms with Gasteiger partial charge in [-0.25, -0.2) is 0 Å². The minimum atomic E-state index is -1.71. The zero-order valence-corrected chi connectivity index (χ0v) is 24.4. The van der Waals surface area contributed by atoms with E-state index < -0.39 is 26.1 Å². The minimum Gasteiger partial charge on any atom is -0.508 e. The number of benzene rings is 2. The van der Waals surface area contributed by atoms with Crippen LogP contribution >= 0.6 is 0 Å². The number of phenols is 1. The summed E-state index contributed by atoms with van der Waals surface area (Å²) < 4.78 is 6.17. The first kappa shape index (κ1) is 30.3. The fraction of sp³-hybridized carbons (Fsp3) is 0.438. The van der Waals surface area contributed by atoms with Gasteiger partial charge >= 0.3 is 14.2 Å². The third-order valence-electron chi connectivity index (χ3n) is 8.93. The predicted octanol–water partition coefficient (Wildman–Crippen LogP) is 3.69. The van der Waals surface area contributed by atoms with Crippen molar-refractivity contribution >= 4 is 43.3 Å². The number of anilines is 1. The van der Waals surface area contributed by atoms with Gasteiger partial charge in [-0.1, -0.05) is 68.7 Å². The van der Waals surface area contributed by atoms with Gasteiger partial charge in [-0.05, 0) is 84.7 Å². The Morgan fingerprint density at radius 2 is 1.83 bits per heavy atom. The number of aromatic hydroxyl groups is 1. The van der Waals surface area contributed by atoms with Crippen molar-refractivity contribution < 1.29 is 34.4 Å². The SMILES string of the molecule is CCC/C(=C\c1ccc(O)cc1)CC[C@H]1OB(O)C[C@H]2C1=C(C(C)C)C[C@H]1C(=O)N(c3cccc(B(O)O)c3)C(=O)[C@H]12. The number of carbonyl (C=O) groups is 2. The normalized spacial score (nSPS) is 24.4. The maximum atomic E-state index is 14.0. The van der Waals surface area contributed by atoms with Gasteiger partial charge < -0.3 is 24.8 Å². The van der Waals surface area contributed by atoms with Crippen molar-refractivity contribution in [3.05, 3.63) is 70.8 Å². The average Bonchev–Trinajstić information content (AvgIpc) is 3.21. The third-order valence-corrected chi connectivity index (χ3v) is 8.93. The Balaban J connectivity index is 1.45. The van der Waals surface area contributed by atoms with Crippen LogP contribution in [0, 0.1) is 23.7 Å². The molecule has 2 aromatic carbocycles. The van der Waals surface area contributed by atoms with Gasteiger partial charge in [0, 0.05) is 0 Å². The molecule has 220 valence electrons. The van der Waals surface area contributed by atoms with Gasteiger partial charge in [-0.15, -0.1) is 0 Å². The highest BCUT2D eigenvalue weighted by Crippen LogP contribution is 2.52. The lowest BCUT2D eigenvalue weighted by Gasteiger charge is -2.44. The summed E-state index contributed by atoms with van der Waals surface area (Å²) in [4.78, 5) is 28.9. The van der Waals surface area contributed by atoms with Gasteiger partial charge in [-0.2, -0.15) is 0 Å². The highest BCUT2D eigenvalue weighted by Gasteiger charge is 2.57. The van der Waals surface area contributed by atoms with Crippen molar-refractivity contribution in [2.75, 3.05) is 4.90 Å². The smallest absolute Gasteiger partial charge is 0.488 e. The standard InChI is InChI=1S/C32H39B2NO7/c1-4-6-20(15-21-9-12-24(36)13-10-21)11-14-28-29-25(19(2)3)17-26-30(27(29)18-33(39)42-28)32(38)35(31(26)37)23-8-5-7-22(16-23)34(40)41/h5,7-10,12-13,15-16,19,26-28,30,36,39-41H,4,6,11,14,17-18H2,1-3H3/b20-15+/t26-,27+,28-,30-/m1/s1. The van der Waals surface area contributed by atoms with E-state index in [1.54, 1.807) is 24.3 Å². The van der Waals surface area contributed by atoms with Gasteiger partial charge in [0.05, 0.1) is 23.6 Å². The first-order valence-corrected chi connectivity index (χ1v) is 15.0. The van der Waals surface area contributed by atoms with Crippen LogP contribution in [0.2, 0.25) is 6.32 Å². The molecule has 4 atom stereocenters. The molecule has 3 aliphatic rings. The molecular weight excluding hydrogens is 532 g/mol. The average molecular weight is 571 g/mol. The molecule has 2 amide bonds. The first-order valence-electron chi connectivity index (χ1n) is 15.0. The molecule has 0 aromatic heterocycles. The Morgan fingerprint density at radius 3 is 2.50 bits per heavy atom. The Bertz CT molecular complexity index is 1390. The first-order chi connectivity index (χ1) is 20.1. The number of imide groups is 1. The maximum Gasteiger partial charge on any atom is 0.488 e. The lowest BCUT2D eigenvalue weighted by atomic mass is 9.57. The number of phenolic OH excluding ortho intramolecular Hbond substituents is 1. The zero-order valence-electron chi connectivity index (χ0n) is 24.4. The molecule has 2 heterocycles. The molecule has 0 bridgehead atoms. The molecule has 8 nitrogen and oxygen atoms in total. The summed E-state index contributed by atoms with van der Waals surface area (Å²) >= 11 is 0. The Labute approximate surface area is 248 Å². The zero-order chi connectivity index (χ0) is 30.1. The van der Waals surface area contributed by atoms with E-state index in [1.807, 2.05) is 12.1 Å². The van der Waals surface area contributed by atoms with E-state index in [9.17, 15) is 29.8 Å². The van der Waals surface area contributed by atoms with E-state index in [2.05, 4.69) is 26.8 Å². The van der Waals surface area contributed by atoms with Crippen LogP contribution in [0.1, 0.15) is 58.4 Å². The molecule has 2 fully saturated rings. The molecule has 0 unspecified atom stereocenters. The quantitative estimate of drug-likeness (QED) is 0.206. The second-order valence-electron chi connectivity index (χ2n) is 12.1. The summed E-state index contributed by atoms with van der Waals surface area (Å²) in [5, 5.41) is 39.8. The molecule has 1 aliphatic carbocycles. The topological polar surface area (TPSA) is 128 Å². The lowest BCUT2D eigenvalue weighted by molar-refractivity contribution is -0.122. The van der Waals surface area contributed by atoms with Crippen molar-refractivity contribution in [1.29, 1.82) is 0 Å². The summed E-state index contributed by atoms with van der Waals surface area (Å²) in [5.74, 6) is -1.71. The fourth-order valence-corrected chi connectivity index (χ4v) is 7.04. The van der Waals surface area contributed by atoms with Gasteiger partial charge in [-0.3, -0.25) is 14.5 Å². The molecule has 10 heteroatoms. The second kappa shape index (κ2) is 12.6. The summed E-state index contributed by atoms with van der Waals surface area (Å²) in [6, 6.07) is 13.3. The van der Waals surface area contributed by atoms with E-state index in [1.165, 1.54) is 22.6 Å². The van der Waals surface area contributed by atoms with Gasteiger partial charge in [0.1, 0.15) is 5.75 Å². The number of carbonyl (C=O) groups excluding carboxylic acids is 2. The fourth-order valence-electron chi connectivity index (χ4n) is 7.04. The van der Waals surface area contributed by atoms with Crippen LogP contribution in [0.25, 0.3) is 6.08 Å². The highest BCUT2D eigenvalue weighted by atomic mass is 16.5. The molecule has 2 saturated heterocycles. The molecule has 5 rings (SSSR count). The molecular formula is C32H39B2NO7. The van der Waals surface area contributed by atoms with Crippen molar-refractivity contribution in [3.63, 3.8) is 0 Å². The molecule has 2 aliphatic heterocycles. The predicted molar refractivity (Wildman–Crippen MR) is 164 cm³/mol. The number of amides is 2. The van der Waals surface area contributed by atoms with E-state index in [0.29, 0.717) is 18.5 Å². The number of fused-ring (bicyclic) bond motifs is 3. The van der Waals surface area contributed by atoms with E-state index in [-0.39, 0.29) is 47.3 Å². The number of hydrogen-bond donors (Lipinski definition) is 4. The van der Waals surface area contributed by atoms with Crippen LogP contribution in [0.3, 0.4) is 0 Å². The van der Waals surface area contributed by atoms with E-state index >= 15 is 0 Å². The summed E-state index contributed by atoms with van der Waals surface area (Å²) in [6.45, 7) is 6.33. The third kappa shape index (κ3) is 5.99. The number of hydrogen-bond acceptors (Lipinski definition) is 7.